The molecule has 0 spiro atoms. The van der Waals surface area contributed by atoms with Gasteiger partial charge in [-0.05, 0) is 31.4 Å². The van der Waals surface area contributed by atoms with Crippen LogP contribution in [-0.4, -0.2) is 53.0 Å². The Hall–Kier alpha value is -1.95. The van der Waals surface area contributed by atoms with Gasteiger partial charge in [0.15, 0.2) is 0 Å². The number of hydrogen-bond acceptors (Lipinski definition) is 4. The van der Waals surface area contributed by atoms with Gasteiger partial charge < -0.3 is 15.0 Å². The summed E-state index contributed by atoms with van der Waals surface area (Å²) in [6.07, 6.45) is 4.76. The summed E-state index contributed by atoms with van der Waals surface area (Å²) in [4.78, 5) is 31.1. The number of fused-ring (bicyclic) bond motifs is 1. The first kappa shape index (κ1) is 14.6. The van der Waals surface area contributed by atoms with Crippen LogP contribution < -0.4 is 5.32 Å². The number of nitrogens with one attached hydrogen (secondary N) is 1. The molecular weight excluding hydrogens is 294 g/mol. The van der Waals surface area contributed by atoms with Gasteiger partial charge >= 0.3 is 0 Å². The molecule has 2 amide bonds. The average Bonchev–Trinajstić information content (AvgIpc) is 3.10. The number of likely N-dealkylation sites (tertiary alicyclic amines) is 1. The van der Waals surface area contributed by atoms with Crippen LogP contribution in [0.2, 0.25) is 0 Å². The van der Waals surface area contributed by atoms with E-state index in [0.717, 1.165) is 25.0 Å². The SMILES string of the molecule is O=C(NC1CC1)[C@@H]1CN(C(=O)Cc2ccccn2)[C@H]2CCO[C@@H]12. The van der Waals surface area contributed by atoms with Gasteiger partial charge in [-0.1, -0.05) is 6.07 Å². The number of rotatable bonds is 4. The van der Waals surface area contributed by atoms with E-state index in [-0.39, 0.29) is 36.3 Å². The molecule has 4 rings (SSSR count). The molecule has 23 heavy (non-hydrogen) atoms. The number of nitrogens with zero attached hydrogens (tertiary/aromatic N) is 2. The molecule has 1 saturated carbocycles. The molecule has 1 aromatic heterocycles. The van der Waals surface area contributed by atoms with Crippen molar-refractivity contribution < 1.29 is 14.3 Å². The van der Waals surface area contributed by atoms with Crippen molar-refractivity contribution in [1.82, 2.24) is 15.2 Å². The molecule has 0 bridgehead atoms. The lowest BCUT2D eigenvalue weighted by Crippen LogP contribution is -2.39. The van der Waals surface area contributed by atoms with Gasteiger partial charge in [0, 0.05) is 31.1 Å². The van der Waals surface area contributed by atoms with Gasteiger partial charge in [-0.3, -0.25) is 14.6 Å². The molecule has 2 aliphatic heterocycles. The highest BCUT2D eigenvalue weighted by molar-refractivity contribution is 5.84. The maximum absolute atomic E-state index is 12.7. The molecule has 2 saturated heterocycles. The zero-order valence-corrected chi connectivity index (χ0v) is 13.0. The predicted molar refractivity (Wildman–Crippen MR) is 82.5 cm³/mol. The Kier molecular flexibility index (Phi) is 3.77. The second kappa shape index (κ2) is 5.92. The van der Waals surface area contributed by atoms with E-state index < -0.39 is 0 Å². The fourth-order valence-electron chi connectivity index (χ4n) is 3.58. The monoisotopic (exact) mass is 315 g/mol. The van der Waals surface area contributed by atoms with Crippen molar-refractivity contribution in [2.24, 2.45) is 5.92 Å². The Morgan fingerprint density at radius 2 is 2.17 bits per heavy atom. The highest BCUT2D eigenvalue weighted by Crippen LogP contribution is 2.34. The largest absolute Gasteiger partial charge is 0.375 e. The Bertz CT molecular complexity index is 602. The Morgan fingerprint density at radius 1 is 1.30 bits per heavy atom. The molecule has 1 N–H and O–H groups in total. The number of carbonyl (C=O) groups is 2. The van der Waals surface area contributed by atoms with Gasteiger partial charge in [0.05, 0.1) is 24.5 Å². The Morgan fingerprint density at radius 3 is 2.91 bits per heavy atom. The molecule has 1 aromatic rings. The third-order valence-electron chi connectivity index (χ3n) is 4.93. The lowest BCUT2D eigenvalue weighted by Gasteiger charge is -2.22. The standard InChI is InChI=1S/C17H21N3O3/c21-15(9-12-3-1-2-7-18-12)20-10-13(16-14(20)6-8-23-16)17(22)19-11-4-5-11/h1-3,7,11,13-14,16H,4-6,8-10H2,(H,19,22)/t13-,14+,16+/m1/s1. The predicted octanol–water partition coefficient (Wildman–Crippen LogP) is 0.519. The second-order valence-corrected chi connectivity index (χ2v) is 6.62. The van der Waals surface area contributed by atoms with E-state index in [1.54, 1.807) is 6.20 Å². The summed E-state index contributed by atoms with van der Waals surface area (Å²) in [5.74, 6) is -0.167. The summed E-state index contributed by atoms with van der Waals surface area (Å²) in [6, 6.07) is 5.94. The minimum atomic E-state index is -0.240. The summed E-state index contributed by atoms with van der Waals surface area (Å²) in [7, 11) is 0. The van der Waals surface area contributed by atoms with Crippen molar-refractivity contribution in [2.75, 3.05) is 13.2 Å². The number of carbonyl (C=O) groups excluding carboxylic acids is 2. The van der Waals surface area contributed by atoms with Crippen LogP contribution in [0.5, 0.6) is 0 Å². The van der Waals surface area contributed by atoms with Crippen molar-refractivity contribution in [3.63, 3.8) is 0 Å². The van der Waals surface area contributed by atoms with Crippen LogP contribution in [0.4, 0.5) is 0 Å². The van der Waals surface area contributed by atoms with Crippen molar-refractivity contribution in [1.29, 1.82) is 0 Å². The van der Waals surface area contributed by atoms with Crippen molar-refractivity contribution in [3.05, 3.63) is 30.1 Å². The van der Waals surface area contributed by atoms with Gasteiger partial charge in [0.2, 0.25) is 11.8 Å². The van der Waals surface area contributed by atoms with E-state index in [9.17, 15) is 9.59 Å². The zero-order chi connectivity index (χ0) is 15.8. The van der Waals surface area contributed by atoms with Gasteiger partial charge in [-0.25, -0.2) is 0 Å². The summed E-state index contributed by atoms with van der Waals surface area (Å²) in [5.41, 5.74) is 0.763. The normalized spacial score (nSPS) is 29.4. The molecule has 3 heterocycles. The summed E-state index contributed by atoms with van der Waals surface area (Å²) < 4.78 is 5.77. The van der Waals surface area contributed by atoms with Crippen molar-refractivity contribution in [3.8, 4) is 0 Å². The molecule has 0 aromatic carbocycles. The lowest BCUT2D eigenvalue weighted by atomic mass is 10.0. The van der Waals surface area contributed by atoms with E-state index in [2.05, 4.69) is 10.3 Å². The minimum Gasteiger partial charge on any atom is -0.375 e. The maximum Gasteiger partial charge on any atom is 0.228 e. The lowest BCUT2D eigenvalue weighted by molar-refractivity contribution is -0.131. The molecule has 1 aliphatic carbocycles. The second-order valence-electron chi connectivity index (χ2n) is 6.62. The first-order valence-electron chi connectivity index (χ1n) is 8.34. The number of ether oxygens (including phenoxy) is 1. The number of hydrogen-bond donors (Lipinski definition) is 1. The summed E-state index contributed by atoms with van der Waals surface area (Å²) in [6.45, 7) is 1.08. The van der Waals surface area contributed by atoms with Crippen LogP contribution in [0, 0.1) is 5.92 Å². The molecule has 0 radical (unpaired) electrons. The van der Waals surface area contributed by atoms with Gasteiger partial charge in [0.1, 0.15) is 0 Å². The highest BCUT2D eigenvalue weighted by atomic mass is 16.5. The van der Waals surface area contributed by atoms with Gasteiger partial charge in [-0.2, -0.15) is 0 Å². The third-order valence-corrected chi connectivity index (χ3v) is 4.93. The van der Waals surface area contributed by atoms with E-state index >= 15 is 0 Å². The van der Waals surface area contributed by atoms with Gasteiger partial charge in [0.25, 0.3) is 0 Å². The average molecular weight is 315 g/mol. The number of amides is 2. The molecule has 3 aliphatic rings. The van der Waals surface area contributed by atoms with E-state index in [0.29, 0.717) is 19.2 Å². The van der Waals surface area contributed by atoms with Crippen LogP contribution in [0.3, 0.4) is 0 Å². The third kappa shape index (κ3) is 2.95. The van der Waals surface area contributed by atoms with E-state index in [1.165, 1.54) is 0 Å². The quantitative estimate of drug-likeness (QED) is 0.879. The van der Waals surface area contributed by atoms with Crippen molar-refractivity contribution >= 4 is 11.8 Å². The molecule has 0 unspecified atom stereocenters. The number of pyridine rings is 1. The molecule has 6 nitrogen and oxygen atoms in total. The van der Waals surface area contributed by atoms with E-state index in [4.69, 9.17) is 4.74 Å². The molecule has 3 fully saturated rings. The topological polar surface area (TPSA) is 71.5 Å². The van der Waals surface area contributed by atoms with Crippen LogP contribution in [0.25, 0.3) is 0 Å². The Labute approximate surface area is 135 Å². The summed E-state index contributed by atoms with van der Waals surface area (Å²) in [5, 5.41) is 3.05. The van der Waals surface area contributed by atoms with Gasteiger partial charge in [-0.15, -0.1) is 0 Å². The van der Waals surface area contributed by atoms with Crippen LogP contribution in [-0.2, 0) is 20.7 Å². The van der Waals surface area contributed by atoms with E-state index in [1.807, 2.05) is 23.1 Å². The fraction of sp³-hybridized carbons (Fsp3) is 0.588. The van der Waals surface area contributed by atoms with Crippen LogP contribution in [0.1, 0.15) is 25.0 Å². The summed E-state index contributed by atoms with van der Waals surface area (Å²) >= 11 is 0. The highest BCUT2D eigenvalue weighted by Gasteiger charge is 2.50. The first-order chi connectivity index (χ1) is 11.2. The molecule has 122 valence electrons. The minimum absolute atomic E-state index is 0.0289. The zero-order valence-electron chi connectivity index (χ0n) is 13.0. The maximum atomic E-state index is 12.7. The molecule has 3 atom stereocenters. The Balaban J connectivity index is 1.45. The first-order valence-corrected chi connectivity index (χ1v) is 8.34. The molecule has 6 heteroatoms. The van der Waals surface area contributed by atoms with Crippen molar-refractivity contribution in [2.45, 2.75) is 43.9 Å². The number of aromatic nitrogens is 1. The molecular formula is C17H21N3O3. The van der Waals surface area contributed by atoms with Crippen LogP contribution >= 0.6 is 0 Å². The fourth-order valence-corrected chi connectivity index (χ4v) is 3.58. The smallest absolute Gasteiger partial charge is 0.228 e. The van der Waals surface area contributed by atoms with Crippen LogP contribution in [0.15, 0.2) is 24.4 Å².